The van der Waals surface area contributed by atoms with Crippen LogP contribution in [0.4, 0.5) is 13.2 Å². The lowest BCUT2D eigenvalue weighted by molar-refractivity contribution is -0.247. The number of nitrogens with zero attached hydrogens (tertiary/aromatic N) is 1. The molecule has 0 aromatic heterocycles. The Morgan fingerprint density at radius 2 is 2.00 bits per heavy atom. The van der Waals surface area contributed by atoms with Crippen molar-refractivity contribution in [3.63, 3.8) is 0 Å². The highest BCUT2D eigenvalue weighted by Gasteiger charge is 2.32. The summed E-state index contributed by atoms with van der Waals surface area (Å²) in [6.45, 7) is 0.854. The van der Waals surface area contributed by atoms with Crippen LogP contribution >= 0.6 is 0 Å². The Kier molecular flexibility index (Phi) is 8.60. The fourth-order valence-corrected chi connectivity index (χ4v) is 1.31. The molecule has 16 heavy (non-hydrogen) atoms. The number of hydrogen-bond acceptors (Lipinski definition) is 3. The van der Waals surface area contributed by atoms with Gasteiger partial charge in [-0.3, -0.25) is 9.29 Å². The third-order valence-corrected chi connectivity index (χ3v) is 1.95. The summed E-state index contributed by atoms with van der Waals surface area (Å²) in [5.41, 5.74) is 0. The van der Waals surface area contributed by atoms with E-state index in [1.54, 1.807) is 0 Å². The molecule has 0 spiro atoms. The van der Waals surface area contributed by atoms with Crippen LogP contribution in [0.1, 0.15) is 19.8 Å². The van der Waals surface area contributed by atoms with Crippen LogP contribution < -0.4 is 0 Å². The smallest absolute Gasteiger partial charge is 0.368 e. The summed E-state index contributed by atoms with van der Waals surface area (Å²) in [5.74, 6) is 0. The highest BCUT2D eigenvalue weighted by molar-refractivity contribution is 4.63. The first-order chi connectivity index (χ1) is 7.55. The summed E-state index contributed by atoms with van der Waals surface area (Å²) in [6, 6.07) is 0. The Morgan fingerprint density at radius 1 is 1.31 bits per heavy atom. The van der Waals surface area contributed by atoms with Gasteiger partial charge in [-0.25, -0.2) is 0 Å². The topological polar surface area (TPSA) is 32.7 Å². The molecule has 0 unspecified atom stereocenters. The van der Waals surface area contributed by atoms with Crippen LogP contribution in [0.5, 0.6) is 0 Å². The van der Waals surface area contributed by atoms with E-state index in [1.807, 2.05) is 6.92 Å². The third-order valence-electron chi connectivity index (χ3n) is 1.95. The summed E-state index contributed by atoms with van der Waals surface area (Å²) >= 11 is 0. The summed E-state index contributed by atoms with van der Waals surface area (Å²) < 4.78 is 42.4. The van der Waals surface area contributed by atoms with E-state index in [0.29, 0.717) is 6.54 Å². The fourth-order valence-electron chi connectivity index (χ4n) is 1.31. The van der Waals surface area contributed by atoms with Crippen molar-refractivity contribution in [2.45, 2.75) is 25.9 Å². The normalized spacial score (nSPS) is 12.4. The van der Waals surface area contributed by atoms with Crippen LogP contribution in [0.15, 0.2) is 0 Å². The summed E-state index contributed by atoms with van der Waals surface area (Å²) in [5, 5.41) is 8.70. The predicted octanol–water partition coefficient (Wildman–Crippen LogP) is 1.66. The molecular weight excluding hydrogens is 223 g/mol. The van der Waals surface area contributed by atoms with Crippen LogP contribution in [0.2, 0.25) is 0 Å². The molecule has 0 rings (SSSR count). The van der Waals surface area contributed by atoms with Gasteiger partial charge in [-0.15, -0.1) is 0 Å². The molecule has 0 radical (unpaired) electrons. The van der Waals surface area contributed by atoms with Crippen molar-refractivity contribution in [3.05, 3.63) is 0 Å². The zero-order chi connectivity index (χ0) is 12.4. The van der Waals surface area contributed by atoms with Crippen molar-refractivity contribution in [2.75, 3.05) is 39.5 Å². The van der Waals surface area contributed by atoms with Gasteiger partial charge >= 0.3 is 6.11 Å². The van der Waals surface area contributed by atoms with Gasteiger partial charge in [0.25, 0.3) is 0 Å². The van der Waals surface area contributed by atoms with Crippen molar-refractivity contribution >= 4 is 0 Å². The van der Waals surface area contributed by atoms with Crippen molar-refractivity contribution in [1.82, 2.24) is 4.90 Å². The average Bonchev–Trinajstić information content (AvgIpc) is 2.18. The molecule has 1 N–H and O–H groups in total. The first-order valence-corrected chi connectivity index (χ1v) is 5.46. The number of aliphatic hydroxyl groups excluding tert-OH is 1. The van der Waals surface area contributed by atoms with Crippen LogP contribution in [-0.4, -0.2) is 55.6 Å². The molecule has 0 aliphatic rings. The van der Waals surface area contributed by atoms with Gasteiger partial charge in [0.1, 0.15) is 0 Å². The molecule has 98 valence electrons. The van der Waals surface area contributed by atoms with E-state index in [2.05, 4.69) is 4.74 Å². The molecule has 0 heterocycles. The molecule has 0 bridgehead atoms. The molecule has 0 aromatic carbocycles. The van der Waals surface area contributed by atoms with Gasteiger partial charge in [-0.1, -0.05) is 6.92 Å². The third kappa shape index (κ3) is 7.90. The first-order valence-electron chi connectivity index (χ1n) is 5.46. The minimum atomic E-state index is -3.28. The van der Waals surface area contributed by atoms with Gasteiger partial charge in [0, 0.05) is 6.54 Å². The second-order valence-corrected chi connectivity index (χ2v) is 3.53. The zero-order valence-corrected chi connectivity index (χ0v) is 9.59. The minimum absolute atomic E-state index is 0.0244. The lowest BCUT2D eigenvalue weighted by Gasteiger charge is -2.26. The van der Waals surface area contributed by atoms with Gasteiger partial charge in [0.05, 0.1) is 26.4 Å². The Bertz CT molecular complexity index is 164. The molecule has 6 heteroatoms. The van der Waals surface area contributed by atoms with Crippen LogP contribution in [0.3, 0.4) is 0 Å². The number of ether oxygens (including phenoxy) is 1. The van der Waals surface area contributed by atoms with Crippen molar-refractivity contribution in [1.29, 1.82) is 0 Å². The second kappa shape index (κ2) is 8.78. The monoisotopic (exact) mass is 243 g/mol. The molecule has 0 aromatic rings. The summed E-state index contributed by atoms with van der Waals surface area (Å²) in [7, 11) is 0. The molecule has 0 atom stereocenters. The van der Waals surface area contributed by atoms with Gasteiger partial charge in [-0.2, -0.15) is 8.78 Å². The quantitative estimate of drug-likeness (QED) is 0.592. The lowest BCUT2D eigenvalue weighted by Crippen LogP contribution is -2.40. The molecule has 3 nitrogen and oxygen atoms in total. The van der Waals surface area contributed by atoms with Crippen molar-refractivity contribution in [2.24, 2.45) is 0 Å². The maximum atomic E-state index is 13.2. The molecular formula is C10H20F3NO2. The van der Waals surface area contributed by atoms with E-state index in [4.69, 9.17) is 5.11 Å². The number of alkyl halides is 3. The fraction of sp³-hybridized carbons (Fsp3) is 1.00. The second-order valence-electron chi connectivity index (χ2n) is 3.53. The summed E-state index contributed by atoms with van der Waals surface area (Å²) in [6.07, 6.45) is -2.58. The highest BCUT2D eigenvalue weighted by atomic mass is 19.3. The molecule has 0 amide bonds. The van der Waals surface area contributed by atoms with E-state index in [1.165, 1.54) is 4.90 Å². The molecule has 0 saturated carbocycles. The molecule has 0 aliphatic heterocycles. The SMILES string of the molecule is CCCN(CCO)CC(F)(F)OCCCF. The molecule has 0 saturated heterocycles. The standard InChI is InChI=1S/C10H20F3NO2/c1-2-5-14(6-7-15)9-10(12,13)16-8-3-4-11/h15H,2-9H2,1H3. The number of halogens is 3. The molecule has 0 aliphatic carbocycles. The van der Waals surface area contributed by atoms with Crippen LogP contribution in [0, 0.1) is 0 Å². The van der Waals surface area contributed by atoms with Gasteiger partial charge in [0.15, 0.2) is 0 Å². The van der Waals surface area contributed by atoms with Crippen molar-refractivity contribution < 1.29 is 23.0 Å². The number of rotatable bonds is 10. The van der Waals surface area contributed by atoms with Gasteiger partial charge in [0.2, 0.25) is 0 Å². The largest absolute Gasteiger partial charge is 0.395 e. The maximum Gasteiger partial charge on any atom is 0.368 e. The number of hydrogen-bond donors (Lipinski definition) is 1. The average molecular weight is 243 g/mol. The zero-order valence-electron chi connectivity index (χ0n) is 9.59. The highest BCUT2D eigenvalue weighted by Crippen LogP contribution is 2.17. The van der Waals surface area contributed by atoms with E-state index < -0.39 is 19.3 Å². The Balaban J connectivity index is 3.96. The van der Waals surface area contributed by atoms with E-state index in [-0.39, 0.29) is 26.2 Å². The van der Waals surface area contributed by atoms with E-state index in [0.717, 1.165) is 6.42 Å². The van der Waals surface area contributed by atoms with Gasteiger partial charge < -0.3 is 9.84 Å². The Hall–Kier alpha value is -0.330. The summed E-state index contributed by atoms with van der Waals surface area (Å²) in [4.78, 5) is 1.43. The number of aliphatic hydroxyl groups is 1. The van der Waals surface area contributed by atoms with E-state index >= 15 is 0 Å². The predicted molar refractivity (Wildman–Crippen MR) is 55.3 cm³/mol. The lowest BCUT2D eigenvalue weighted by atomic mass is 10.4. The van der Waals surface area contributed by atoms with Crippen LogP contribution in [-0.2, 0) is 4.74 Å². The Morgan fingerprint density at radius 3 is 2.50 bits per heavy atom. The molecule has 0 fully saturated rings. The first kappa shape index (κ1) is 15.7. The maximum absolute atomic E-state index is 13.2. The van der Waals surface area contributed by atoms with Crippen LogP contribution in [0.25, 0.3) is 0 Å². The Labute approximate surface area is 94.2 Å². The minimum Gasteiger partial charge on any atom is -0.395 e. The van der Waals surface area contributed by atoms with Crippen molar-refractivity contribution in [3.8, 4) is 0 Å². The van der Waals surface area contributed by atoms with Gasteiger partial charge in [-0.05, 0) is 19.4 Å². The van der Waals surface area contributed by atoms with E-state index in [9.17, 15) is 13.2 Å².